The highest BCUT2D eigenvalue weighted by Crippen LogP contribution is 2.26. The van der Waals surface area contributed by atoms with Crippen LogP contribution in [0.1, 0.15) is 42.6 Å². The number of nitrogens with one attached hydrogen (secondary N) is 1. The zero-order chi connectivity index (χ0) is 17.7. The van der Waals surface area contributed by atoms with Crippen LogP contribution in [0.3, 0.4) is 0 Å². The van der Waals surface area contributed by atoms with Gasteiger partial charge in [-0.3, -0.25) is 9.59 Å². The van der Waals surface area contributed by atoms with Crippen molar-refractivity contribution in [2.75, 3.05) is 11.1 Å². The molecule has 0 aliphatic rings. The minimum Gasteiger partial charge on any atom is -0.325 e. The molecular weight excluding hydrogens is 325 g/mol. The van der Waals surface area contributed by atoms with Crippen LogP contribution in [0.15, 0.2) is 47.4 Å². The number of halogens is 1. The van der Waals surface area contributed by atoms with E-state index in [-0.39, 0.29) is 17.4 Å². The molecule has 0 radical (unpaired) electrons. The van der Waals surface area contributed by atoms with E-state index in [4.69, 9.17) is 0 Å². The standard InChI is InChI=1S/C19H20FNO2S/c1-12(2)15-6-4-5-7-17(15)21-19(23)11-24-18-9-8-14(13(3)22)10-16(18)20/h4-10,12H,11H2,1-3H3,(H,21,23). The summed E-state index contributed by atoms with van der Waals surface area (Å²) >= 11 is 1.11. The van der Waals surface area contributed by atoms with E-state index in [9.17, 15) is 14.0 Å². The fraction of sp³-hybridized carbons (Fsp3) is 0.263. The highest BCUT2D eigenvalue weighted by molar-refractivity contribution is 8.00. The Labute approximate surface area is 145 Å². The Hall–Kier alpha value is -2.14. The Morgan fingerprint density at radius 2 is 1.88 bits per heavy atom. The molecular formula is C19H20FNO2S. The van der Waals surface area contributed by atoms with Crippen LogP contribution in [0.4, 0.5) is 10.1 Å². The average Bonchev–Trinajstić information content (AvgIpc) is 2.53. The number of Topliss-reactive ketones (excluding diaryl/α,β-unsaturated/α-hetero) is 1. The van der Waals surface area contributed by atoms with Crippen molar-refractivity contribution in [3.05, 3.63) is 59.4 Å². The van der Waals surface area contributed by atoms with Crippen molar-refractivity contribution >= 4 is 29.1 Å². The minimum absolute atomic E-state index is 0.1000. The summed E-state index contributed by atoms with van der Waals surface area (Å²) in [5.41, 5.74) is 2.17. The molecule has 0 heterocycles. The van der Waals surface area contributed by atoms with Gasteiger partial charge in [0.05, 0.1) is 5.75 Å². The van der Waals surface area contributed by atoms with E-state index in [0.717, 1.165) is 23.0 Å². The number of benzene rings is 2. The number of carbonyl (C=O) groups excluding carboxylic acids is 2. The van der Waals surface area contributed by atoms with Gasteiger partial charge in [0.2, 0.25) is 5.91 Å². The van der Waals surface area contributed by atoms with Crippen LogP contribution in [-0.2, 0) is 4.79 Å². The summed E-state index contributed by atoms with van der Waals surface area (Å²) in [7, 11) is 0. The molecule has 5 heteroatoms. The Morgan fingerprint density at radius 1 is 1.17 bits per heavy atom. The molecule has 0 spiro atoms. The van der Waals surface area contributed by atoms with Gasteiger partial charge in [-0.2, -0.15) is 0 Å². The number of rotatable bonds is 6. The summed E-state index contributed by atoms with van der Waals surface area (Å²) in [6.45, 7) is 5.51. The van der Waals surface area contributed by atoms with Crippen LogP contribution in [0.2, 0.25) is 0 Å². The summed E-state index contributed by atoms with van der Waals surface area (Å²) in [5.74, 6) is -0.464. The normalized spacial score (nSPS) is 10.7. The third-order valence-electron chi connectivity index (χ3n) is 3.55. The number of hydrogen-bond donors (Lipinski definition) is 1. The minimum atomic E-state index is -0.483. The molecule has 0 aromatic heterocycles. The first-order valence-electron chi connectivity index (χ1n) is 7.70. The van der Waals surface area contributed by atoms with Crippen molar-refractivity contribution in [3.63, 3.8) is 0 Å². The second kappa shape index (κ2) is 8.11. The molecule has 0 aliphatic carbocycles. The van der Waals surface area contributed by atoms with Crippen molar-refractivity contribution in [2.45, 2.75) is 31.6 Å². The van der Waals surface area contributed by atoms with Crippen molar-refractivity contribution in [1.82, 2.24) is 0 Å². The predicted octanol–water partition coefficient (Wildman–Crippen LogP) is 4.88. The highest BCUT2D eigenvalue weighted by Gasteiger charge is 2.12. The molecule has 0 atom stereocenters. The van der Waals surface area contributed by atoms with E-state index in [2.05, 4.69) is 19.2 Å². The molecule has 0 aliphatic heterocycles. The van der Waals surface area contributed by atoms with Crippen molar-refractivity contribution in [3.8, 4) is 0 Å². The maximum absolute atomic E-state index is 14.0. The summed E-state index contributed by atoms with van der Waals surface area (Å²) < 4.78 is 14.0. The number of thioether (sulfide) groups is 1. The summed E-state index contributed by atoms with van der Waals surface area (Å²) in [4.78, 5) is 23.7. The summed E-state index contributed by atoms with van der Waals surface area (Å²) in [6.07, 6.45) is 0. The number of carbonyl (C=O) groups is 2. The molecule has 0 bridgehead atoms. The van der Waals surface area contributed by atoms with Crippen molar-refractivity contribution < 1.29 is 14.0 Å². The molecule has 1 amide bonds. The maximum atomic E-state index is 14.0. The lowest BCUT2D eigenvalue weighted by molar-refractivity contribution is -0.113. The number of amides is 1. The number of ketones is 1. The van der Waals surface area contributed by atoms with Gasteiger partial charge in [-0.15, -0.1) is 11.8 Å². The van der Waals surface area contributed by atoms with E-state index >= 15 is 0 Å². The summed E-state index contributed by atoms with van der Waals surface area (Å²) in [6, 6.07) is 12.0. The van der Waals surface area contributed by atoms with Gasteiger partial charge in [-0.1, -0.05) is 38.1 Å². The first-order valence-corrected chi connectivity index (χ1v) is 8.69. The Kier molecular flexibility index (Phi) is 6.15. The topological polar surface area (TPSA) is 46.2 Å². The lowest BCUT2D eigenvalue weighted by Gasteiger charge is -2.13. The van der Waals surface area contributed by atoms with Gasteiger partial charge in [-0.05, 0) is 36.6 Å². The molecule has 3 nitrogen and oxygen atoms in total. The number of para-hydroxylation sites is 1. The number of hydrogen-bond acceptors (Lipinski definition) is 3. The average molecular weight is 345 g/mol. The van der Waals surface area contributed by atoms with Crippen LogP contribution in [0.5, 0.6) is 0 Å². The van der Waals surface area contributed by atoms with Crippen LogP contribution < -0.4 is 5.32 Å². The van der Waals surface area contributed by atoms with Crippen LogP contribution in [0, 0.1) is 5.82 Å². The van der Waals surface area contributed by atoms with Gasteiger partial charge in [0.1, 0.15) is 5.82 Å². The fourth-order valence-corrected chi connectivity index (χ4v) is 3.00. The molecule has 2 rings (SSSR count). The third kappa shape index (κ3) is 4.68. The van der Waals surface area contributed by atoms with E-state index in [1.807, 2.05) is 24.3 Å². The van der Waals surface area contributed by atoms with Gasteiger partial charge in [0.25, 0.3) is 0 Å². The third-order valence-corrected chi connectivity index (χ3v) is 4.60. The predicted molar refractivity (Wildman–Crippen MR) is 96.3 cm³/mol. The van der Waals surface area contributed by atoms with Crippen LogP contribution in [0.25, 0.3) is 0 Å². The molecule has 0 unspecified atom stereocenters. The lowest BCUT2D eigenvalue weighted by Crippen LogP contribution is -2.15. The molecule has 0 saturated heterocycles. The smallest absolute Gasteiger partial charge is 0.234 e. The fourth-order valence-electron chi connectivity index (χ4n) is 2.28. The molecule has 24 heavy (non-hydrogen) atoms. The van der Waals surface area contributed by atoms with Crippen LogP contribution in [-0.4, -0.2) is 17.4 Å². The van der Waals surface area contributed by atoms with Gasteiger partial charge in [-0.25, -0.2) is 4.39 Å². The molecule has 2 aromatic rings. The molecule has 2 aromatic carbocycles. The zero-order valence-electron chi connectivity index (χ0n) is 13.9. The van der Waals surface area contributed by atoms with Gasteiger partial charge < -0.3 is 5.32 Å². The summed E-state index contributed by atoms with van der Waals surface area (Å²) in [5, 5.41) is 2.87. The molecule has 126 valence electrons. The second-order valence-corrected chi connectivity index (χ2v) is 6.80. The SMILES string of the molecule is CC(=O)c1ccc(SCC(=O)Nc2ccccc2C(C)C)c(F)c1. The first-order chi connectivity index (χ1) is 11.4. The molecule has 0 saturated carbocycles. The van der Waals surface area contributed by atoms with E-state index in [0.29, 0.717) is 16.4 Å². The van der Waals surface area contributed by atoms with E-state index < -0.39 is 5.82 Å². The first kappa shape index (κ1) is 18.2. The van der Waals surface area contributed by atoms with E-state index in [1.165, 1.54) is 19.1 Å². The van der Waals surface area contributed by atoms with Crippen molar-refractivity contribution in [1.29, 1.82) is 0 Å². The van der Waals surface area contributed by atoms with Gasteiger partial charge in [0.15, 0.2) is 5.78 Å². The van der Waals surface area contributed by atoms with Gasteiger partial charge >= 0.3 is 0 Å². The molecule has 1 N–H and O–H groups in total. The van der Waals surface area contributed by atoms with Gasteiger partial charge in [0, 0.05) is 16.1 Å². The Morgan fingerprint density at radius 3 is 2.50 bits per heavy atom. The zero-order valence-corrected chi connectivity index (χ0v) is 14.7. The maximum Gasteiger partial charge on any atom is 0.234 e. The van der Waals surface area contributed by atoms with E-state index in [1.54, 1.807) is 6.07 Å². The largest absolute Gasteiger partial charge is 0.325 e. The lowest BCUT2D eigenvalue weighted by atomic mass is 10.0. The highest BCUT2D eigenvalue weighted by atomic mass is 32.2. The Balaban J connectivity index is 2.00. The molecule has 0 fully saturated rings. The Bertz CT molecular complexity index is 759. The van der Waals surface area contributed by atoms with Crippen molar-refractivity contribution in [2.24, 2.45) is 0 Å². The second-order valence-electron chi connectivity index (χ2n) is 5.78. The monoisotopic (exact) mass is 345 g/mol. The number of anilines is 1. The quantitative estimate of drug-likeness (QED) is 0.599. The van der Waals surface area contributed by atoms with Crippen LogP contribution >= 0.6 is 11.8 Å².